The largest absolute Gasteiger partial charge is 0.486 e. The number of rotatable bonds is 4. The van der Waals surface area contributed by atoms with Crippen molar-refractivity contribution in [2.45, 2.75) is 19.6 Å². The van der Waals surface area contributed by atoms with Crippen LogP contribution < -0.4 is 4.74 Å². The van der Waals surface area contributed by atoms with Crippen LogP contribution in [-0.4, -0.2) is 5.11 Å². The molecule has 0 fully saturated rings. The monoisotopic (exact) mass is 289 g/mol. The van der Waals surface area contributed by atoms with E-state index >= 15 is 0 Å². The van der Waals surface area contributed by atoms with E-state index in [2.05, 4.69) is 0 Å². The van der Waals surface area contributed by atoms with Gasteiger partial charge in [0.05, 0.1) is 17.7 Å². The summed E-state index contributed by atoms with van der Waals surface area (Å²) in [5, 5.41) is 18.1. The summed E-state index contributed by atoms with van der Waals surface area (Å²) in [5.41, 5.74) is 1.06. The molecule has 0 heterocycles. The maximum Gasteiger partial charge on any atom is 0.165 e. The van der Waals surface area contributed by atoms with E-state index in [9.17, 15) is 13.9 Å². The SMILES string of the molecule is CC(O)c1ccc(OCc2cc(F)cc(C#N)c2)c(F)c1. The van der Waals surface area contributed by atoms with Crippen LogP contribution in [0.2, 0.25) is 0 Å². The van der Waals surface area contributed by atoms with Gasteiger partial charge in [0, 0.05) is 0 Å². The Morgan fingerprint density at radius 2 is 2.00 bits per heavy atom. The molecule has 0 spiro atoms. The summed E-state index contributed by atoms with van der Waals surface area (Å²) in [6.45, 7) is 1.48. The lowest BCUT2D eigenvalue weighted by atomic mass is 10.1. The van der Waals surface area contributed by atoms with Crippen LogP contribution in [0.1, 0.15) is 29.7 Å². The van der Waals surface area contributed by atoms with Gasteiger partial charge in [0.1, 0.15) is 12.4 Å². The normalized spacial score (nSPS) is 11.8. The predicted octanol–water partition coefficient (Wildman–Crippen LogP) is 3.47. The number of nitriles is 1. The molecule has 5 heteroatoms. The molecule has 108 valence electrons. The highest BCUT2D eigenvalue weighted by Crippen LogP contribution is 2.23. The van der Waals surface area contributed by atoms with Gasteiger partial charge in [0.25, 0.3) is 0 Å². The van der Waals surface area contributed by atoms with Crippen molar-refractivity contribution < 1.29 is 18.6 Å². The fourth-order valence-electron chi connectivity index (χ4n) is 1.85. The molecule has 0 saturated heterocycles. The summed E-state index contributed by atoms with van der Waals surface area (Å²) < 4.78 is 32.3. The fraction of sp³-hybridized carbons (Fsp3) is 0.188. The third-order valence-electron chi connectivity index (χ3n) is 2.92. The molecule has 1 atom stereocenters. The summed E-state index contributed by atoms with van der Waals surface area (Å²) in [4.78, 5) is 0. The Hall–Kier alpha value is -2.45. The molecule has 0 aromatic heterocycles. The lowest BCUT2D eigenvalue weighted by Crippen LogP contribution is -2.00. The smallest absolute Gasteiger partial charge is 0.165 e. The summed E-state index contributed by atoms with van der Waals surface area (Å²) >= 11 is 0. The van der Waals surface area contributed by atoms with Gasteiger partial charge in [-0.05, 0) is 48.4 Å². The number of aliphatic hydroxyl groups excluding tert-OH is 1. The molecule has 2 aromatic carbocycles. The van der Waals surface area contributed by atoms with E-state index in [1.54, 1.807) is 6.07 Å². The quantitative estimate of drug-likeness (QED) is 0.937. The van der Waals surface area contributed by atoms with Gasteiger partial charge >= 0.3 is 0 Å². The van der Waals surface area contributed by atoms with Crippen LogP contribution in [-0.2, 0) is 6.61 Å². The van der Waals surface area contributed by atoms with Crippen LogP contribution in [0.25, 0.3) is 0 Å². The second-order valence-electron chi connectivity index (χ2n) is 4.61. The number of benzene rings is 2. The van der Waals surface area contributed by atoms with Crippen molar-refractivity contribution in [3.05, 3.63) is 64.7 Å². The van der Waals surface area contributed by atoms with Gasteiger partial charge in [-0.1, -0.05) is 6.07 Å². The molecule has 3 nitrogen and oxygen atoms in total. The summed E-state index contributed by atoms with van der Waals surface area (Å²) in [7, 11) is 0. The zero-order valence-corrected chi connectivity index (χ0v) is 11.3. The Morgan fingerprint density at radius 3 is 2.62 bits per heavy atom. The molecule has 0 amide bonds. The second kappa shape index (κ2) is 6.33. The van der Waals surface area contributed by atoms with Gasteiger partial charge in [-0.15, -0.1) is 0 Å². The highest BCUT2D eigenvalue weighted by atomic mass is 19.1. The number of ether oxygens (including phenoxy) is 1. The van der Waals surface area contributed by atoms with E-state index in [4.69, 9.17) is 10.00 Å². The topological polar surface area (TPSA) is 53.2 Å². The Morgan fingerprint density at radius 1 is 1.24 bits per heavy atom. The van der Waals surface area contributed by atoms with E-state index in [1.165, 1.54) is 31.2 Å². The first-order valence-corrected chi connectivity index (χ1v) is 6.29. The van der Waals surface area contributed by atoms with Crippen LogP contribution in [0.3, 0.4) is 0 Å². The predicted molar refractivity (Wildman–Crippen MR) is 72.5 cm³/mol. The first-order valence-electron chi connectivity index (χ1n) is 6.29. The van der Waals surface area contributed by atoms with Crippen molar-refractivity contribution in [3.8, 4) is 11.8 Å². The van der Waals surface area contributed by atoms with Gasteiger partial charge in [0.2, 0.25) is 0 Å². The Labute approximate surface area is 121 Å². The van der Waals surface area contributed by atoms with Crippen molar-refractivity contribution >= 4 is 0 Å². The van der Waals surface area contributed by atoms with Crippen molar-refractivity contribution in [1.29, 1.82) is 5.26 Å². The van der Waals surface area contributed by atoms with Gasteiger partial charge in [-0.25, -0.2) is 8.78 Å². The van der Waals surface area contributed by atoms with Gasteiger partial charge in [-0.3, -0.25) is 0 Å². The van der Waals surface area contributed by atoms with Crippen molar-refractivity contribution in [3.63, 3.8) is 0 Å². The molecular weight excluding hydrogens is 276 g/mol. The molecule has 0 aliphatic heterocycles. The molecule has 21 heavy (non-hydrogen) atoms. The second-order valence-corrected chi connectivity index (χ2v) is 4.61. The number of hydrogen-bond donors (Lipinski definition) is 1. The van der Waals surface area contributed by atoms with Crippen molar-refractivity contribution in [1.82, 2.24) is 0 Å². The van der Waals surface area contributed by atoms with Crippen molar-refractivity contribution in [2.75, 3.05) is 0 Å². The molecule has 1 unspecified atom stereocenters. The van der Waals surface area contributed by atoms with Crippen LogP contribution in [0, 0.1) is 23.0 Å². The van der Waals surface area contributed by atoms with E-state index in [0.717, 1.165) is 6.07 Å². The minimum Gasteiger partial charge on any atom is -0.486 e. The molecule has 0 radical (unpaired) electrons. The molecule has 0 saturated carbocycles. The average molecular weight is 289 g/mol. The lowest BCUT2D eigenvalue weighted by Gasteiger charge is -2.10. The van der Waals surface area contributed by atoms with E-state index < -0.39 is 17.7 Å². The zero-order valence-electron chi connectivity index (χ0n) is 11.3. The Bertz CT molecular complexity index is 693. The number of nitrogens with zero attached hydrogens (tertiary/aromatic N) is 1. The minimum atomic E-state index is -0.769. The summed E-state index contributed by atoms with van der Waals surface area (Å²) in [6.07, 6.45) is -0.769. The fourth-order valence-corrected chi connectivity index (χ4v) is 1.85. The molecular formula is C16H13F2NO2. The highest BCUT2D eigenvalue weighted by molar-refractivity contribution is 5.34. The van der Waals surface area contributed by atoms with Crippen LogP contribution >= 0.6 is 0 Å². The summed E-state index contributed by atoms with van der Waals surface area (Å²) in [6, 6.07) is 9.80. The van der Waals surface area contributed by atoms with Crippen molar-refractivity contribution in [2.24, 2.45) is 0 Å². The summed E-state index contributed by atoms with van der Waals surface area (Å²) in [5.74, 6) is -1.15. The Kier molecular flexibility index (Phi) is 4.51. The molecule has 2 rings (SSSR count). The van der Waals surface area contributed by atoms with E-state index in [0.29, 0.717) is 11.1 Å². The minimum absolute atomic E-state index is 0.00201. The number of hydrogen-bond acceptors (Lipinski definition) is 3. The van der Waals surface area contributed by atoms with Gasteiger partial charge in [0.15, 0.2) is 11.6 Å². The standard InChI is InChI=1S/C16H13F2NO2/c1-10(20)13-2-3-16(15(18)7-13)21-9-12-4-11(8-19)5-14(17)6-12/h2-7,10,20H,9H2,1H3. The first-order chi connectivity index (χ1) is 9.99. The maximum absolute atomic E-state index is 13.8. The van der Waals surface area contributed by atoms with E-state index in [1.807, 2.05) is 6.07 Å². The first kappa shape index (κ1) is 14.9. The lowest BCUT2D eigenvalue weighted by molar-refractivity contribution is 0.198. The number of halogens is 2. The molecule has 0 aliphatic rings. The van der Waals surface area contributed by atoms with Gasteiger partial charge < -0.3 is 9.84 Å². The Balaban J connectivity index is 2.13. The van der Waals surface area contributed by atoms with E-state index in [-0.39, 0.29) is 17.9 Å². The van der Waals surface area contributed by atoms with Crippen LogP contribution in [0.4, 0.5) is 8.78 Å². The molecule has 1 N–H and O–H groups in total. The molecule has 0 bridgehead atoms. The third-order valence-corrected chi connectivity index (χ3v) is 2.92. The third kappa shape index (κ3) is 3.77. The number of aliphatic hydroxyl groups is 1. The van der Waals surface area contributed by atoms with Gasteiger partial charge in [-0.2, -0.15) is 5.26 Å². The average Bonchev–Trinajstić information content (AvgIpc) is 2.45. The zero-order chi connectivity index (χ0) is 15.4. The highest BCUT2D eigenvalue weighted by Gasteiger charge is 2.09. The maximum atomic E-state index is 13.8. The van der Waals surface area contributed by atoms with Crippen LogP contribution in [0.5, 0.6) is 5.75 Å². The molecule has 0 aliphatic carbocycles. The molecule has 2 aromatic rings. The van der Waals surface area contributed by atoms with Crippen LogP contribution in [0.15, 0.2) is 36.4 Å².